The molecule has 1 aromatic carbocycles. The number of amides is 2. The van der Waals surface area contributed by atoms with Gasteiger partial charge in [0.05, 0.1) is 19.0 Å². The summed E-state index contributed by atoms with van der Waals surface area (Å²) < 4.78 is 25.1. The number of carbonyl (C=O) groups excluding carboxylic acids is 2. The molecule has 0 unspecified atom stereocenters. The average molecular weight is 449 g/mol. The number of carbonyl (C=O) groups is 2. The second kappa shape index (κ2) is 10.6. The van der Waals surface area contributed by atoms with Crippen molar-refractivity contribution < 1.29 is 23.1 Å². The number of ether oxygens (including phenoxy) is 1. The van der Waals surface area contributed by atoms with E-state index in [1.54, 1.807) is 53.8 Å². The highest BCUT2D eigenvalue weighted by molar-refractivity contribution is 5.92. The van der Waals surface area contributed by atoms with E-state index in [0.29, 0.717) is 49.5 Å². The fraction of sp³-hybridized carbons (Fsp3) is 0.240. The number of aromatic nitrogens is 1. The Kier molecular flexibility index (Phi) is 7.14. The minimum atomic E-state index is -0.533. The summed E-state index contributed by atoms with van der Waals surface area (Å²) in [4.78, 5) is 30.5. The average Bonchev–Trinajstić information content (AvgIpc) is 3.37. The lowest BCUT2D eigenvalue weighted by Gasteiger charge is -2.30. The summed E-state index contributed by atoms with van der Waals surface area (Å²) in [7, 11) is 0. The third-order valence-corrected chi connectivity index (χ3v) is 5.43. The summed E-state index contributed by atoms with van der Waals surface area (Å²) in [5, 5.41) is 2.87. The molecule has 3 heterocycles. The highest BCUT2D eigenvalue weighted by Gasteiger charge is 2.26. The smallest absolute Gasteiger partial charge is 0.246 e. The zero-order valence-corrected chi connectivity index (χ0v) is 17.9. The van der Waals surface area contributed by atoms with Crippen molar-refractivity contribution in [1.29, 1.82) is 0 Å². The van der Waals surface area contributed by atoms with Crippen LogP contribution in [0.25, 0.3) is 6.08 Å². The minimum absolute atomic E-state index is 0.0295. The van der Waals surface area contributed by atoms with Gasteiger partial charge in [-0.3, -0.25) is 14.6 Å². The number of nitrogens with zero attached hydrogens (tertiary/aromatic N) is 2. The first-order valence-electron chi connectivity index (χ1n) is 10.7. The van der Waals surface area contributed by atoms with E-state index in [0.717, 1.165) is 0 Å². The zero-order chi connectivity index (χ0) is 23.0. The van der Waals surface area contributed by atoms with Gasteiger partial charge in [0.25, 0.3) is 0 Å². The Labute approximate surface area is 190 Å². The van der Waals surface area contributed by atoms with Crippen LogP contribution in [0.3, 0.4) is 0 Å². The number of pyridine rings is 1. The molecule has 1 saturated heterocycles. The number of likely N-dealkylation sites (tertiary alicyclic amines) is 1. The number of piperidine rings is 1. The van der Waals surface area contributed by atoms with Gasteiger partial charge >= 0.3 is 0 Å². The molecular weight excluding hydrogens is 425 g/mol. The maximum atomic E-state index is 14.4. The maximum Gasteiger partial charge on any atom is 0.246 e. The monoisotopic (exact) mass is 449 g/mol. The molecular formula is C25H24FN3O4. The third kappa shape index (κ3) is 6.06. The number of nitrogens with one attached hydrogen (secondary N) is 1. The largest absolute Gasteiger partial charge is 0.467 e. The summed E-state index contributed by atoms with van der Waals surface area (Å²) in [6, 6.07) is 11.5. The van der Waals surface area contributed by atoms with Crippen molar-refractivity contribution in [2.24, 2.45) is 5.92 Å². The quantitative estimate of drug-likeness (QED) is 0.547. The second-order valence-electron chi connectivity index (χ2n) is 7.71. The van der Waals surface area contributed by atoms with Crippen molar-refractivity contribution in [2.45, 2.75) is 19.4 Å². The van der Waals surface area contributed by atoms with Gasteiger partial charge in [-0.05, 0) is 60.9 Å². The van der Waals surface area contributed by atoms with Crippen LogP contribution in [0.2, 0.25) is 0 Å². The number of hydrogen-bond donors (Lipinski definition) is 1. The molecule has 0 radical (unpaired) electrons. The molecule has 0 saturated carbocycles. The van der Waals surface area contributed by atoms with E-state index < -0.39 is 5.82 Å². The van der Waals surface area contributed by atoms with Crippen LogP contribution in [0.15, 0.2) is 71.6 Å². The summed E-state index contributed by atoms with van der Waals surface area (Å²) in [6.07, 6.45) is 8.86. The van der Waals surface area contributed by atoms with Crippen LogP contribution in [0.1, 0.15) is 24.2 Å². The SMILES string of the molecule is O=C(NCc1ccco1)C1CCN(C(=O)/C=C/c2ccc(Oc3cccnc3)c(F)c2)CC1. The van der Waals surface area contributed by atoms with Crippen LogP contribution in [0.4, 0.5) is 4.39 Å². The third-order valence-electron chi connectivity index (χ3n) is 5.43. The Morgan fingerprint density at radius 2 is 2.06 bits per heavy atom. The lowest BCUT2D eigenvalue weighted by molar-refractivity contribution is -0.132. The first-order valence-corrected chi connectivity index (χ1v) is 10.7. The van der Waals surface area contributed by atoms with E-state index in [-0.39, 0.29) is 23.5 Å². The Balaban J connectivity index is 1.26. The summed E-state index contributed by atoms with van der Waals surface area (Å²) >= 11 is 0. The number of benzene rings is 1. The zero-order valence-electron chi connectivity index (χ0n) is 17.9. The number of halogens is 1. The Hall–Kier alpha value is -3.94. The van der Waals surface area contributed by atoms with Crippen molar-refractivity contribution in [2.75, 3.05) is 13.1 Å². The molecule has 1 N–H and O–H groups in total. The van der Waals surface area contributed by atoms with Gasteiger partial charge in [-0.15, -0.1) is 0 Å². The van der Waals surface area contributed by atoms with E-state index in [1.165, 1.54) is 24.4 Å². The molecule has 170 valence electrons. The van der Waals surface area contributed by atoms with Gasteiger partial charge in [0.2, 0.25) is 11.8 Å². The van der Waals surface area contributed by atoms with Crippen molar-refractivity contribution in [3.05, 3.63) is 84.3 Å². The molecule has 2 amide bonds. The summed E-state index contributed by atoms with van der Waals surface area (Å²) in [5.41, 5.74) is 0.548. The Morgan fingerprint density at radius 3 is 2.76 bits per heavy atom. The van der Waals surface area contributed by atoms with Gasteiger partial charge in [-0.2, -0.15) is 0 Å². The van der Waals surface area contributed by atoms with Crippen LogP contribution < -0.4 is 10.1 Å². The van der Waals surface area contributed by atoms with Gasteiger partial charge in [0.1, 0.15) is 11.5 Å². The van der Waals surface area contributed by atoms with E-state index in [2.05, 4.69) is 10.3 Å². The topological polar surface area (TPSA) is 84.7 Å². The van der Waals surface area contributed by atoms with E-state index in [9.17, 15) is 14.0 Å². The van der Waals surface area contributed by atoms with Crippen LogP contribution in [-0.4, -0.2) is 34.8 Å². The number of rotatable bonds is 7. The highest BCUT2D eigenvalue weighted by atomic mass is 19.1. The molecule has 4 rings (SSSR count). The van der Waals surface area contributed by atoms with Crippen LogP contribution >= 0.6 is 0 Å². The molecule has 2 aromatic heterocycles. The summed E-state index contributed by atoms with van der Waals surface area (Å²) in [6.45, 7) is 1.35. The molecule has 0 spiro atoms. The molecule has 0 atom stereocenters. The predicted molar refractivity (Wildman–Crippen MR) is 120 cm³/mol. The second-order valence-corrected chi connectivity index (χ2v) is 7.71. The number of furan rings is 1. The first-order chi connectivity index (χ1) is 16.1. The molecule has 7 nitrogen and oxygen atoms in total. The molecule has 0 aliphatic carbocycles. The minimum Gasteiger partial charge on any atom is -0.467 e. The van der Waals surface area contributed by atoms with Crippen LogP contribution in [-0.2, 0) is 16.1 Å². The molecule has 0 bridgehead atoms. The standard InChI is InChI=1S/C25H24FN3O4/c26-22-15-18(5-7-23(22)33-21-3-1-11-27-16-21)6-8-24(30)29-12-9-19(10-13-29)25(31)28-17-20-4-2-14-32-20/h1-8,11,14-16,19H,9-10,12-13,17H2,(H,28,31)/b8-6+. The Morgan fingerprint density at radius 1 is 1.21 bits per heavy atom. The molecule has 8 heteroatoms. The maximum absolute atomic E-state index is 14.4. The molecule has 1 fully saturated rings. The van der Waals surface area contributed by atoms with Gasteiger partial charge in [-0.1, -0.05) is 6.07 Å². The molecule has 1 aliphatic rings. The summed E-state index contributed by atoms with van der Waals surface area (Å²) in [5.74, 6) is 0.365. The molecule has 33 heavy (non-hydrogen) atoms. The number of hydrogen-bond acceptors (Lipinski definition) is 5. The fourth-order valence-corrected chi connectivity index (χ4v) is 3.60. The van der Waals surface area contributed by atoms with Gasteiger partial charge < -0.3 is 19.4 Å². The van der Waals surface area contributed by atoms with Crippen LogP contribution in [0.5, 0.6) is 11.5 Å². The van der Waals surface area contributed by atoms with Crippen molar-refractivity contribution in [1.82, 2.24) is 15.2 Å². The molecule has 1 aliphatic heterocycles. The fourth-order valence-electron chi connectivity index (χ4n) is 3.60. The first kappa shape index (κ1) is 22.3. The van der Waals surface area contributed by atoms with E-state index in [4.69, 9.17) is 9.15 Å². The van der Waals surface area contributed by atoms with Crippen molar-refractivity contribution >= 4 is 17.9 Å². The van der Waals surface area contributed by atoms with E-state index in [1.807, 2.05) is 0 Å². The lowest BCUT2D eigenvalue weighted by Crippen LogP contribution is -2.42. The predicted octanol–water partition coefficient (Wildman–Crippen LogP) is 4.17. The normalized spacial score (nSPS) is 14.4. The van der Waals surface area contributed by atoms with Gasteiger partial charge in [-0.25, -0.2) is 4.39 Å². The lowest BCUT2D eigenvalue weighted by atomic mass is 9.96. The highest BCUT2D eigenvalue weighted by Crippen LogP contribution is 2.25. The van der Waals surface area contributed by atoms with Gasteiger partial charge in [0.15, 0.2) is 11.6 Å². The van der Waals surface area contributed by atoms with Crippen molar-refractivity contribution in [3.8, 4) is 11.5 Å². The van der Waals surface area contributed by atoms with E-state index >= 15 is 0 Å². The van der Waals surface area contributed by atoms with Crippen LogP contribution in [0, 0.1) is 11.7 Å². The molecule has 3 aromatic rings. The van der Waals surface area contributed by atoms with Crippen molar-refractivity contribution in [3.63, 3.8) is 0 Å². The Bertz CT molecular complexity index is 1110. The van der Waals surface area contributed by atoms with Gasteiger partial charge in [0, 0.05) is 31.3 Å².